The van der Waals surface area contributed by atoms with Crippen LogP contribution < -0.4 is 4.74 Å². The average Bonchev–Trinajstić information content (AvgIpc) is 3.00. The highest BCUT2D eigenvalue weighted by Crippen LogP contribution is 2.26. The first kappa shape index (κ1) is 13.9. The van der Waals surface area contributed by atoms with E-state index < -0.39 is 0 Å². The lowest BCUT2D eigenvalue weighted by Crippen LogP contribution is -1.94. The summed E-state index contributed by atoms with van der Waals surface area (Å²) in [5.74, 6) is 0.799. The summed E-state index contributed by atoms with van der Waals surface area (Å²) in [7, 11) is 1.64. The zero-order chi connectivity index (χ0) is 15.4. The van der Waals surface area contributed by atoms with Crippen LogP contribution in [-0.2, 0) is 6.42 Å². The molecule has 0 saturated carbocycles. The lowest BCUT2D eigenvalue weighted by molar-refractivity contribution is 0.415. The van der Waals surface area contributed by atoms with Gasteiger partial charge in [0, 0.05) is 17.3 Å². The number of ether oxygens (including phenoxy) is 1. The van der Waals surface area contributed by atoms with E-state index in [1.807, 2.05) is 65.5 Å². The van der Waals surface area contributed by atoms with Crippen LogP contribution in [0.1, 0.15) is 5.56 Å². The Balaban J connectivity index is 2.05. The van der Waals surface area contributed by atoms with Crippen molar-refractivity contribution < 1.29 is 4.74 Å². The van der Waals surface area contributed by atoms with Gasteiger partial charge in [0.05, 0.1) is 31.0 Å². The Morgan fingerprint density at radius 1 is 1.09 bits per heavy atom. The van der Waals surface area contributed by atoms with Crippen LogP contribution in [0.3, 0.4) is 0 Å². The third kappa shape index (κ3) is 2.70. The highest BCUT2D eigenvalue weighted by Gasteiger charge is 2.12. The van der Waals surface area contributed by atoms with Crippen molar-refractivity contribution in [1.82, 2.24) is 9.78 Å². The Hall–Kier alpha value is -3.06. The van der Waals surface area contributed by atoms with Crippen molar-refractivity contribution in [3.8, 4) is 28.8 Å². The summed E-state index contributed by atoms with van der Waals surface area (Å²) in [6, 6.07) is 19.8. The molecule has 2 aromatic carbocycles. The lowest BCUT2D eigenvalue weighted by Gasteiger charge is -2.02. The van der Waals surface area contributed by atoms with E-state index in [2.05, 4.69) is 11.2 Å². The quantitative estimate of drug-likeness (QED) is 0.737. The molecule has 0 bridgehead atoms. The second-order valence-corrected chi connectivity index (χ2v) is 4.85. The minimum atomic E-state index is 0.328. The van der Waals surface area contributed by atoms with Gasteiger partial charge in [0.2, 0.25) is 0 Å². The van der Waals surface area contributed by atoms with E-state index in [-0.39, 0.29) is 0 Å². The van der Waals surface area contributed by atoms with Gasteiger partial charge in [-0.25, -0.2) is 4.68 Å². The van der Waals surface area contributed by atoms with Gasteiger partial charge in [0.15, 0.2) is 0 Å². The highest BCUT2D eigenvalue weighted by atomic mass is 16.5. The number of hydrogen-bond acceptors (Lipinski definition) is 3. The maximum absolute atomic E-state index is 9.05. The first-order valence-electron chi connectivity index (χ1n) is 6.97. The van der Waals surface area contributed by atoms with E-state index in [0.717, 1.165) is 28.3 Å². The molecule has 0 unspecified atom stereocenters. The zero-order valence-electron chi connectivity index (χ0n) is 12.2. The average molecular weight is 289 g/mol. The van der Waals surface area contributed by atoms with Gasteiger partial charge in [0.25, 0.3) is 0 Å². The fourth-order valence-corrected chi connectivity index (χ4v) is 2.33. The van der Waals surface area contributed by atoms with Gasteiger partial charge in [-0.05, 0) is 36.4 Å². The molecule has 1 aromatic heterocycles. The summed E-state index contributed by atoms with van der Waals surface area (Å²) in [4.78, 5) is 0. The van der Waals surface area contributed by atoms with Crippen LogP contribution in [0.25, 0.3) is 16.9 Å². The molecule has 0 N–H and O–H groups in total. The third-order valence-electron chi connectivity index (χ3n) is 3.44. The van der Waals surface area contributed by atoms with Crippen LogP contribution in [0.5, 0.6) is 5.75 Å². The van der Waals surface area contributed by atoms with Crippen LogP contribution in [-0.4, -0.2) is 16.9 Å². The third-order valence-corrected chi connectivity index (χ3v) is 3.44. The van der Waals surface area contributed by atoms with Gasteiger partial charge in [-0.2, -0.15) is 10.4 Å². The van der Waals surface area contributed by atoms with Gasteiger partial charge in [-0.3, -0.25) is 0 Å². The Morgan fingerprint density at radius 2 is 1.82 bits per heavy atom. The molecule has 3 rings (SSSR count). The molecule has 108 valence electrons. The molecule has 1 heterocycles. The van der Waals surface area contributed by atoms with Crippen LogP contribution >= 0.6 is 0 Å². The maximum Gasteiger partial charge on any atom is 0.118 e. The second kappa shape index (κ2) is 6.15. The van der Waals surface area contributed by atoms with Crippen LogP contribution in [0.2, 0.25) is 0 Å². The number of nitriles is 1. The highest BCUT2D eigenvalue weighted by molar-refractivity contribution is 5.64. The van der Waals surface area contributed by atoms with Crippen LogP contribution in [0.4, 0.5) is 0 Å². The molecular formula is C18H15N3O. The van der Waals surface area contributed by atoms with Gasteiger partial charge >= 0.3 is 0 Å². The fourth-order valence-electron chi connectivity index (χ4n) is 2.33. The minimum absolute atomic E-state index is 0.328. The largest absolute Gasteiger partial charge is 0.497 e. The summed E-state index contributed by atoms with van der Waals surface area (Å²) < 4.78 is 6.99. The molecular weight excluding hydrogens is 274 g/mol. The molecule has 3 aromatic rings. The van der Waals surface area contributed by atoms with E-state index in [1.165, 1.54) is 0 Å². The predicted octanol–water partition coefficient (Wildman–Crippen LogP) is 3.61. The van der Waals surface area contributed by atoms with E-state index in [9.17, 15) is 0 Å². The molecule has 0 aliphatic heterocycles. The van der Waals surface area contributed by atoms with E-state index in [0.29, 0.717) is 6.42 Å². The van der Waals surface area contributed by atoms with Crippen LogP contribution in [0, 0.1) is 11.3 Å². The Morgan fingerprint density at radius 3 is 2.45 bits per heavy atom. The van der Waals surface area contributed by atoms with Gasteiger partial charge in [0.1, 0.15) is 5.75 Å². The van der Waals surface area contributed by atoms with Crippen molar-refractivity contribution in [1.29, 1.82) is 5.26 Å². The van der Waals surface area contributed by atoms with E-state index >= 15 is 0 Å². The van der Waals surface area contributed by atoms with Crippen LogP contribution in [0.15, 0.2) is 60.8 Å². The number of rotatable bonds is 4. The zero-order valence-corrected chi connectivity index (χ0v) is 12.2. The molecule has 4 nitrogen and oxygen atoms in total. The number of benzene rings is 2. The van der Waals surface area contributed by atoms with Gasteiger partial charge in [-0.15, -0.1) is 0 Å². The summed E-state index contributed by atoms with van der Waals surface area (Å²) in [5.41, 5.74) is 3.69. The molecule has 0 aliphatic carbocycles. The Bertz CT molecular complexity index is 799. The van der Waals surface area contributed by atoms with Crippen molar-refractivity contribution in [3.05, 3.63) is 66.4 Å². The number of methoxy groups -OCH3 is 1. The first-order valence-corrected chi connectivity index (χ1v) is 6.97. The number of nitrogens with zero attached hydrogens (tertiary/aromatic N) is 3. The SMILES string of the molecule is COc1ccc(-c2nn(-c3ccccc3)cc2CC#N)cc1. The topological polar surface area (TPSA) is 50.8 Å². The van der Waals surface area contributed by atoms with Gasteiger partial charge < -0.3 is 4.74 Å². The molecule has 22 heavy (non-hydrogen) atoms. The lowest BCUT2D eigenvalue weighted by atomic mass is 10.1. The molecule has 0 radical (unpaired) electrons. The summed E-state index contributed by atoms with van der Waals surface area (Å²) in [6.07, 6.45) is 2.24. The molecule has 0 saturated heterocycles. The van der Waals surface area contributed by atoms with Crippen molar-refractivity contribution in [2.24, 2.45) is 0 Å². The molecule has 0 atom stereocenters. The minimum Gasteiger partial charge on any atom is -0.497 e. The molecule has 0 spiro atoms. The molecule has 4 heteroatoms. The van der Waals surface area contributed by atoms with E-state index in [4.69, 9.17) is 10.00 Å². The fraction of sp³-hybridized carbons (Fsp3) is 0.111. The molecule has 0 amide bonds. The first-order chi connectivity index (χ1) is 10.8. The van der Waals surface area contributed by atoms with E-state index in [1.54, 1.807) is 7.11 Å². The molecule has 0 aliphatic rings. The molecule has 0 fully saturated rings. The second-order valence-electron chi connectivity index (χ2n) is 4.85. The van der Waals surface area contributed by atoms with Crippen molar-refractivity contribution in [2.75, 3.05) is 7.11 Å². The standard InChI is InChI=1S/C18H15N3O/c1-22-17-9-7-14(8-10-17)18-15(11-12-19)13-21(20-18)16-5-3-2-4-6-16/h2-10,13H,11H2,1H3. The van der Waals surface area contributed by atoms with Crippen molar-refractivity contribution in [2.45, 2.75) is 6.42 Å². The smallest absolute Gasteiger partial charge is 0.118 e. The summed E-state index contributed by atoms with van der Waals surface area (Å²) >= 11 is 0. The number of aromatic nitrogens is 2. The van der Waals surface area contributed by atoms with Gasteiger partial charge in [-0.1, -0.05) is 18.2 Å². The van der Waals surface area contributed by atoms with Crippen molar-refractivity contribution >= 4 is 0 Å². The normalized spacial score (nSPS) is 10.2. The number of hydrogen-bond donors (Lipinski definition) is 0. The van der Waals surface area contributed by atoms with Crippen molar-refractivity contribution in [3.63, 3.8) is 0 Å². The number of para-hydroxylation sites is 1. The summed E-state index contributed by atoms with van der Waals surface area (Å²) in [6.45, 7) is 0. The Labute approximate surface area is 129 Å². The predicted molar refractivity (Wildman–Crippen MR) is 84.9 cm³/mol. The monoisotopic (exact) mass is 289 g/mol. The summed E-state index contributed by atoms with van der Waals surface area (Å²) in [5, 5.41) is 13.7. The maximum atomic E-state index is 9.05. The Kier molecular flexibility index (Phi) is 3.88.